The number of hydrogen-bond acceptors (Lipinski definition) is 3. The number of rotatable bonds is 6. The zero-order chi connectivity index (χ0) is 15.2. The zero-order valence-corrected chi connectivity index (χ0v) is 11.4. The Morgan fingerprint density at radius 1 is 1.19 bits per heavy atom. The molecule has 0 radical (unpaired) electrons. The van der Waals surface area contributed by atoms with Crippen LogP contribution in [0.25, 0.3) is 0 Å². The number of alkyl halides is 2. The van der Waals surface area contributed by atoms with E-state index >= 15 is 0 Å². The molecule has 6 heteroatoms. The Balaban J connectivity index is 1.90. The van der Waals surface area contributed by atoms with Gasteiger partial charge in [0.25, 0.3) is 0 Å². The van der Waals surface area contributed by atoms with Gasteiger partial charge in [0.1, 0.15) is 11.6 Å². The molecule has 0 aliphatic heterocycles. The summed E-state index contributed by atoms with van der Waals surface area (Å²) in [6.07, 6.45) is 2.75. The van der Waals surface area contributed by atoms with Gasteiger partial charge < -0.3 is 10.1 Å². The first-order valence-electron chi connectivity index (χ1n) is 6.42. The van der Waals surface area contributed by atoms with Crippen LogP contribution in [0.2, 0.25) is 0 Å². The van der Waals surface area contributed by atoms with E-state index in [-0.39, 0.29) is 17.6 Å². The molecule has 0 aliphatic rings. The van der Waals surface area contributed by atoms with Crippen molar-refractivity contribution in [1.29, 1.82) is 0 Å². The van der Waals surface area contributed by atoms with Crippen LogP contribution in [0.4, 0.5) is 13.2 Å². The maximum Gasteiger partial charge on any atom is 0.387 e. The van der Waals surface area contributed by atoms with E-state index in [1.165, 1.54) is 18.2 Å². The molecule has 112 valence electrons. The van der Waals surface area contributed by atoms with E-state index in [1.54, 1.807) is 18.3 Å². The topological polar surface area (TPSA) is 34.1 Å². The molecule has 1 aromatic heterocycles. The van der Waals surface area contributed by atoms with Gasteiger partial charge in [-0.15, -0.1) is 0 Å². The van der Waals surface area contributed by atoms with Gasteiger partial charge in [0.15, 0.2) is 0 Å². The van der Waals surface area contributed by atoms with Gasteiger partial charge in [0, 0.05) is 18.8 Å². The van der Waals surface area contributed by atoms with Crippen molar-refractivity contribution in [1.82, 2.24) is 10.3 Å². The molecule has 0 saturated heterocycles. The fraction of sp³-hybridized carbons (Fsp3) is 0.267. The maximum atomic E-state index is 13.1. The van der Waals surface area contributed by atoms with Crippen molar-refractivity contribution in [3.8, 4) is 5.75 Å². The highest BCUT2D eigenvalue weighted by Crippen LogP contribution is 2.16. The van der Waals surface area contributed by atoms with Gasteiger partial charge >= 0.3 is 6.61 Å². The van der Waals surface area contributed by atoms with E-state index in [9.17, 15) is 13.2 Å². The molecule has 0 saturated carbocycles. The molecular formula is C15H15F3N2O. The van der Waals surface area contributed by atoms with Crippen molar-refractivity contribution < 1.29 is 17.9 Å². The lowest BCUT2D eigenvalue weighted by molar-refractivity contribution is -0.0498. The summed E-state index contributed by atoms with van der Waals surface area (Å²) >= 11 is 0. The van der Waals surface area contributed by atoms with Gasteiger partial charge in [0.05, 0.1) is 6.20 Å². The molecule has 21 heavy (non-hydrogen) atoms. The number of aromatic nitrogens is 1. The number of hydrogen-bond donors (Lipinski definition) is 1. The molecule has 1 N–H and O–H groups in total. The summed E-state index contributed by atoms with van der Waals surface area (Å²) in [4.78, 5) is 3.80. The van der Waals surface area contributed by atoms with Crippen LogP contribution in [-0.4, -0.2) is 11.6 Å². The molecule has 0 bridgehead atoms. The zero-order valence-electron chi connectivity index (χ0n) is 11.4. The summed E-state index contributed by atoms with van der Waals surface area (Å²) in [5, 5.41) is 3.21. The molecular weight excluding hydrogens is 281 g/mol. The molecule has 2 rings (SSSR count). The Morgan fingerprint density at radius 3 is 2.52 bits per heavy atom. The molecule has 2 aromatic rings. The van der Waals surface area contributed by atoms with Crippen molar-refractivity contribution >= 4 is 0 Å². The molecule has 1 aromatic carbocycles. The minimum atomic E-state index is -2.82. The van der Waals surface area contributed by atoms with Crippen LogP contribution in [-0.2, 0) is 6.54 Å². The third-order valence-corrected chi connectivity index (χ3v) is 2.99. The van der Waals surface area contributed by atoms with E-state index in [2.05, 4.69) is 15.0 Å². The third kappa shape index (κ3) is 4.75. The highest BCUT2D eigenvalue weighted by Gasteiger charge is 2.07. The molecule has 0 spiro atoms. The number of nitrogens with zero attached hydrogens (tertiary/aromatic N) is 1. The van der Waals surface area contributed by atoms with Crippen molar-refractivity contribution in [2.45, 2.75) is 26.1 Å². The van der Waals surface area contributed by atoms with Crippen molar-refractivity contribution in [2.24, 2.45) is 0 Å². The highest BCUT2D eigenvalue weighted by atomic mass is 19.3. The molecule has 1 unspecified atom stereocenters. The van der Waals surface area contributed by atoms with Crippen LogP contribution < -0.4 is 10.1 Å². The standard InChI is InChI=1S/C15H15F3N2O/c1-10(12-6-13(16)9-19-8-12)20-7-11-2-4-14(5-3-11)21-15(17)18/h2-6,8-10,15,20H,7H2,1H3. The second-order valence-corrected chi connectivity index (χ2v) is 4.56. The van der Waals surface area contributed by atoms with Gasteiger partial charge in [0.2, 0.25) is 0 Å². The average Bonchev–Trinajstić information content (AvgIpc) is 2.45. The minimum absolute atomic E-state index is 0.0785. The maximum absolute atomic E-state index is 13.1. The van der Waals surface area contributed by atoms with E-state index < -0.39 is 6.61 Å². The van der Waals surface area contributed by atoms with Crippen LogP contribution in [0, 0.1) is 5.82 Å². The fourth-order valence-corrected chi connectivity index (χ4v) is 1.84. The van der Waals surface area contributed by atoms with E-state index in [4.69, 9.17) is 0 Å². The van der Waals surface area contributed by atoms with Crippen molar-refractivity contribution in [3.05, 3.63) is 59.7 Å². The summed E-state index contributed by atoms with van der Waals surface area (Å²) in [6.45, 7) is -0.411. The number of ether oxygens (including phenoxy) is 1. The largest absolute Gasteiger partial charge is 0.435 e. The summed E-state index contributed by atoms with van der Waals surface area (Å²) in [7, 11) is 0. The second-order valence-electron chi connectivity index (χ2n) is 4.56. The lowest BCUT2D eigenvalue weighted by atomic mass is 10.1. The van der Waals surface area contributed by atoms with Gasteiger partial charge in [-0.2, -0.15) is 8.78 Å². The van der Waals surface area contributed by atoms with Gasteiger partial charge in [-0.3, -0.25) is 4.98 Å². The van der Waals surface area contributed by atoms with Crippen LogP contribution in [0.5, 0.6) is 5.75 Å². The number of pyridine rings is 1. The molecule has 1 atom stereocenters. The minimum Gasteiger partial charge on any atom is -0.435 e. The molecule has 0 aliphatic carbocycles. The normalized spacial score (nSPS) is 12.4. The molecule has 1 heterocycles. The number of halogens is 3. The Hall–Kier alpha value is -2.08. The van der Waals surface area contributed by atoms with Crippen LogP contribution >= 0.6 is 0 Å². The van der Waals surface area contributed by atoms with Crippen LogP contribution in [0.1, 0.15) is 24.1 Å². The summed E-state index contributed by atoms with van der Waals surface area (Å²) in [6, 6.07) is 7.70. The molecule has 3 nitrogen and oxygen atoms in total. The average molecular weight is 296 g/mol. The smallest absolute Gasteiger partial charge is 0.387 e. The Labute approximate surface area is 120 Å². The second kappa shape index (κ2) is 7.08. The van der Waals surface area contributed by atoms with Crippen molar-refractivity contribution in [3.63, 3.8) is 0 Å². The third-order valence-electron chi connectivity index (χ3n) is 2.99. The van der Waals surface area contributed by atoms with Crippen molar-refractivity contribution in [2.75, 3.05) is 0 Å². The first-order valence-corrected chi connectivity index (χ1v) is 6.42. The van der Waals surface area contributed by atoms with Crippen LogP contribution in [0.3, 0.4) is 0 Å². The predicted molar refractivity (Wildman–Crippen MR) is 72.5 cm³/mol. The fourth-order valence-electron chi connectivity index (χ4n) is 1.84. The summed E-state index contributed by atoms with van der Waals surface area (Å²) < 4.78 is 41.4. The van der Waals surface area contributed by atoms with Crippen LogP contribution in [0.15, 0.2) is 42.7 Å². The van der Waals surface area contributed by atoms with E-state index in [1.807, 2.05) is 6.92 Å². The Morgan fingerprint density at radius 2 is 1.90 bits per heavy atom. The summed E-state index contributed by atoms with van der Waals surface area (Å²) in [5.74, 6) is -0.259. The van der Waals surface area contributed by atoms with Gasteiger partial charge in [-0.25, -0.2) is 4.39 Å². The van der Waals surface area contributed by atoms with Gasteiger partial charge in [-0.05, 0) is 36.2 Å². The van der Waals surface area contributed by atoms with E-state index in [0.717, 1.165) is 17.3 Å². The lowest BCUT2D eigenvalue weighted by Gasteiger charge is -2.14. The lowest BCUT2D eigenvalue weighted by Crippen LogP contribution is -2.18. The first kappa shape index (κ1) is 15.3. The van der Waals surface area contributed by atoms with Gasteiger partial charge in [-0.1, -0.05) is 12.1 Å². The Kier molecular flexibility index (Phi) is 5.16. The molecule has 0 amide bonds. The number of nitrogens with one attached hydrogen (secondary N) is 1. The first-order chi connectivity index (χ1) is 10.0. The summed E-state index contributed by atoms with van der Waals surface area (Å²) in [5.41, 5.74) is 1.65. The number of benzene rings is 1. The predicted octanol–water partition coefficient (Wildman–Crippen LogP) is 3.67. The monoisotopic (exact) mass is 296 g/mol. The van der Waals surface area contributed by atoms with E-state index in [0.29, 0.717) is 6.54 Å². The highest BCUT2D eigenvalue weighted by molar-refractivity contribution is 5.27. The quantitative estimate of drug-likeness (QED) is 0.883. The SMILES string of the molecule is CC(NCc1ccc(OC(F)F)cc1)c1cncc(F)c1. The Bertz CT molecular complexity index is 575. The molecule has 0 fully saturated rings.